The van der Waals surface area contributed by atoms with Crippen LogP contribution in [0.1, 0.15) is 21.5 Å². The molecule has 5 heteroatoms. The van der Waals surface area contributed by atoms with Crippen LogP contribution in [0.15, 0.2) is 42.5 Å². The van der Waals surface area contributed by atoms with Crippen molar-refractivity contribution in [3.63, 3.8) is 0 Å². The van der Waals surface area contributed by atoms with Crippen molar-refractivity contribution >= 4 is 40.9 Å². The first-order chi connectivity index (χ1) is 10.6. The summed E-state index contributed by atoms with van der Waals surface area (Å²) in [7, 11) is 0. The number of carbonyl (C=O) groups is 1. The van der Waals surface area contributed by atoms with Crippen LogP contribution in [0, 0.1) is 6.92 Å². The maximum atomic E-state index is 12.0. The smallest absolute Gasteiger partial charge is 0.251 e. The zero-order chi connectivity index (χ0) is 15.9. The van der Waals surface area contributed by atoms with E-state index in [9.17, 15) is 4.79 Å². The molecule has 2 nitrogen and oxygen atoms in total. The van der Waals surface area contributed by atoms with E-state index in [1.165, 1.54) is 0 Å². The summed E-state index contributed by atoms with van der Waals surface area (Å²) in [6, 6.07) is 13.2. The number of hydrogen-bond donors (Lipinski definition) is 1. The van der Waals surface area contributed by atoms with Gasteiger partial charge in [-0.15, -0.1) is 0 Å². The van der Waals surface area contributed by atoms with Gasteiger partial charge in [0.15, 0.2) is 0 Å². The summed E-state index contributed by atoms with van der Waals surface area (Å²) in [6.07, 6.45) is 0. The monoisotopic (exact) mass is 353 g/mol. The summed E-state index contributed by atoms with van der Waals surface area (Å²) in [5.74, 6) is 1.66. The lowest BCUT2D eigenvalue weighted by Gasteiger charge is -2.06. The average Bonchev–Trinajstić information content (AvgIpc) is 2.50. The molecule has 0 aliphatic carbocycles. The summed E-state index contributed by atoms with van der Waals surface area (Å²) in [5, 5.41) is 4.07. The fourth-order valence-electron chi connectivity index (χ4n) is 1.94. The topological polar surface area (TPSA) is 29.1 Å². The molecule has 0 aliphatic rings. The fourth-order valence-corrected chi connectivity index (χ4v) is 3.07. The molecule has 0 heterocycles. The Balaban J connectivity index is 1.71. The molecule has 22 heavy (non-hydrogen) atoms. The number of thioether (sulfide) groups is 1. The lowest BCUT2D eigenvalue weighted by Crippen LogP contribution is -2.25. The molecule has 2 rings (SSSR count). The SMILES string of the molecule is Cc1cccc(C(=O)NCCSCc2ccc(Cl)c(Cl)c2)c1. The third-order valence-corrected chi connectivity index (χ3v) is 4.83. The standard InChI is InChI=1S/C17H17Cl2NOS/c1-12-3-2-4-14(9-12)17(21)20-7-8-22-11-13-5-6-15(18)16(19)10-13/h2-6,9-10H,7-8,11H2,1H3,(H,20,21). The second-order valence-corrected chi connectivity index (χ2v) is 6.85. The molecule has 0 saturated carbocycles. The van der Waals surface area contributed by atoms with Gasteiger partial charge in [-0.2, -0.15) is 11.8 Å². The maximum Gasteiger partial charge on any atom is 0.251 e. The van der Waals surface area contributed by atoms with Crippen molar-refractivity contribution < 1.29 is 4.79 Å². The van der Waals surface area contributed by atoms with Crippen LogP contribution in [-0.4, -0.2) is 18.2 Å². The Kier molecular flexibility index (Phi) is 6.62. The van der Waals surface area contributed by atoms with Crippen LogP contribution in [0.2, 0.25) is 10.0 Å². The highest BCUT2D eigenvalue weighted by Crippen LogP contribution is 2.24. The van der Waals surface area contributed by atoms with Gasteiger partial charge in [0.2, 0.25) is 0 Å². The van der Waals surface area contributed by atoms with Gasteiger partial charge in [-0.25, -0.2) is 0 Å². The summed E-state index contributed by atoms with van der Waals surface area (Å²) in [6.45, 7) is 2.61. The van der Waals surface area contributed by atoms with Gasteiger partial charge >= 0.3 is 0 Å². The fraction of sp³-hybridized carbons (Fsp3) is 0.235. The number of nitrogens with one attached hydrogen (secondary N) is 1. The lowest BCUT2D eigenvalue weighted by molar-refractivity contribution is 0.0956. The van der Waals surface area contributed by atoms with Crippen molar-refractivity contribution in [3.05, 3.63) is 69.2 Å². The highest BCUT2D eigenvalue weighted by atomic mass is 35.5. The Hall–Kier alpha value is -1.16. The van der Waals surface area contributed by atoms with E-state index in [0.717, 1.165) is 22.6 Å². The Bertz CT molecular complexity index is 661. The normalized spacial score (nSPS) is 10.5. The zero-order valence-corrected chi connectivity index (χ0v) is 14.6. The van der Waals surface area contributed by atoms with Crippen LogP contribution in [0.3, 0.4) is 0 Å². The number of carbonyl (C=O) groups excluding carboxylic acids is 1. The molecule has 0 unspecified atom stereocenters. The van der Waals surface area contributed by atoms with Crippen molar-refractivity contribution in [2.24, 2.45) is 0 Å². The first kappa shape index (κ1) is 17.2. The van der Waals surface area contributed by atoms with Crippen LogP contribution in [0.4, 0.5) is 0 Å². The second-order valence-electron chi connectivity index (χ2n) is 4.93. The molecule has 0 spiro atoms. The van der Waals surface area contributed by atoms with E-state index in [1.54, 1.807) is 17.8 Å². The number of benzene rings is 2. The van der Waals surface area contributed by atoms with Gasteiger partial charge in [-0.3, -0.25) is 4.79 Å². The average molecular weight is 354 g/mol. The van der Waals surface area contributed by atoms with E-state index in [-0.39, 0.29) is 5.91 Å². The summed E-state index contributed by atoms with van der Waals surface area (Å²) in [4.78, 5) is 12.0. The number of amides is 1. The first-order valence-corrected chi connectivity index (χ1v) is 8.84. The highest BCUT2D eigenvalue weighted by molar-refractivity contribution is 7.98. The number of rotatable bonds is 6. The minimum Gasteiger partial charge on any atom is -0.351 e. The van der Waals surface area contributed by atoms with Crippen LogP contribution >= 0.6 is 35.0 Å². The Morgan fingerprint density at radius 3 is 2.68 bits per heavy atom. The summed E-state index contributed by atoms with van der Waals surface area (Å²) >= 11 is 13.6. The van der Waals surface area contributed by atoms with E-state index in [1.807, 2.05) is 43.3 Å². The van der Waals surface area contributed by atoms with Crippen LogP contribution in [0.25, 0.3) is 0 Å². The molecule has 0 saturated heterocycles. The van der Waals surface area contributed by atoms with Gasteiger partial charge < -0.3 is 5.32 Å². The van der Waals surface area contributed by atoms with Crippen molar-refractivity contribution in [2.75, 3.05) is 12.3 Å². The predicted octanol–water partition coefficient (Wildman–Crippen LogP) is 4.97. The number of halogens is 2. The van der Waals surface area contributed by atoms with Gasteiger partial charge in [-0.1, -0.05) is 47.0 Å². The molecule has 0 aliphatic heterocycles. The Morgan fingerprint density at radius 2 is 1.95 bits per heavy atom. The van der Waals surface area contributed by atoms with E-state index in [4.69, 9.17) is 23.2 Å². The van der Waals surface area contributed by atoms with Gasteiger partial charge in [0, 0.05) is 23.6 Å². The third-order valence-electron chi connectivity index (χ3n) is 3.06. The molecule has 2 aromatic rings. The lowest BCUT2D eigenvalue weighted by atomic mass is 10.1. The van der Waals surface area contributed by atoms with Gasteiger partial charge in [0.25, 0.3) is 5.91 Å². The van der Waals surface area contributed by atoms with Crippen LogP contribution in [-0.2, 0) is 5.75 Å². The number of aryl methyl sites for hydroxylation is 1. The molecule has 0 bridgehead atoms. The van der Waals surface area contributed by atoms with Gasteiger partial charge in [-0.05, 0) is 36.8 Å². The highest BCUT2D eigenvalue weighted by Gasteiger charge is 2.04. The quantitative estimate of drug-likeness (QED) is 0.743. The zero-order valence-electron chi connectivity index (χ0n) is 12.2. The van der Waals surface area contributed by atoms with E-state index >= 15 is 0 Å². The largest absolute Gasteiger partial charge is 0.351 e. The molecule has 116 valence electrons. The molecule has 0 fully saturated rings. The maximum absolute atomic E-state index is 12.0. The molecular weight excluding hydrogens is 337 g/mol. The molecule has 2 aromatic carbocycles. The van der Waals surface area contributed by atoms with Crippen LogP contribution < -0.4 is 5.32 Å². The van der Waals surface area contributed by atoms with Crippen molar-refractivity contribution in [2.45, 2.75) is 12.7 Å². The van der Waals surface area contributed by atoms with E-state index in [0.29, 0.717) is 22.2 Å². The van der Waals surface area contributed by atoms with E-state index < -0.39 is 0 Å². The molecule has 0 aromatic heterocycles. The van der Waals surface area contributed by atoms with Crippen molar-refractivity contribution in [1.82, 2.24) is 5.32 Å². The summed E-state index contributed by atoms with van der Waals surface area (Å²) in [5.41, 5.74) is 2.92. The molecule has 0 radical (unpaired) electrons. The molecule has 0 atom stereocenters. The van der Waals surface area contributed by atoms with Crippen LogP contribution in [0.5, 0.6) is 0 Å². The third kappa shape index (κ3) is 5.24. The number of hydrogen-bond acceptors (Lipinski definition) is 2. The van der Waals surface area contributed by atoms with Gasteiger partial charge in [0.05, 0.1) is 10.0 Å². The Morgan fingerprint density at radius 1 is 1.14 bits per heavy atom. The summed E-state index contributed by atoms with van der Waals surface area (Å²) < 4.78 is 0. The minimum absolute atomic E-state index is 0.0289. The van der Waals surface area contributed by atoms with Crippen molar-refractivity contribution in [3.8, 4) is 0 Å². The van der Waals surface area contributed by atoms with Gasteiger partial charge in [0.1, 0.15) is 0 Å². The molecule has 1 N–H and O–H groups in total. The first-order valence-electron chi connectivity index (χ1n) is 6.93. The minimum atomic E-state index is -0.0289. The second kappa shape index (κ2) is 8.47. The van der Waals surface area contributed by atoms with E-state index in [2.05, 4.69) is 5.32 Å². The predicted molar refractivity (Wildman–Crippen MR) is 96.1 cm³/mol. The van der Waals surface area contributed by atoms with Crippen molar-refractivity contribution in [1.29, 1.82) is 0 Å². The molecule has 1 amide bonds. The molecular formula is C17H17Cl2NOS. The Labute approximate surface area is 145 Å².